The minimum absolute atomic E-state index is 0.00370. The van der Waals surface area contributed by atoms with Crippen LogP contribution in [0.15, 0.2) is 316 Å². The summed E-state index contributed by atoms with van der Waals surface area (Å²) in [4.78, 5) is 198. The Hall–Kier alpha value is -13.2. The van der Waals surface area contributed by atoms with Gasteiger partial charge < -0.3 is 0 Å². The maximum atomic E-state index is 12.0. The third-order valence-electron chi connectivity index (χ3n) is 22.5. The van der Waals surface area contributed by atoms with Gasteiger partial charge >= 0.3 is 0 Å². The molecule has 0 aliphatic heterocycles. The highest BCUT2D eigenvalue weighted by Crippen LogP contribution is 2.29. The molecule has 8 heterocycles. The average molecular weight is 2210 g/mol. The third kappa shape index (κ3) is 41.9. The van der Waals surface area contributed by atoms with Gasteiger partial charge in [0.05, 0.1) is 47.1 Å². The van der Waals surface area contributed by atoms with E-state index < -0.39 is 0 Å². The second-order valence-electron chi connectivity index (χ2n) is 34.6. The number of rotatable bonds is 40. The molecule has 8 aromatic heterocycles. The summed E-state index contributed by atoms with van der Waals surface area (Å²) in [6.07, 6.45) is 4.36. The van der Waals surface area contributed by atoms with Crippen LogP contribution in [-0.4, -0.2) is 92.5 Å². The number of carbonyl (C=O) groups excluding carboxylic acids is 16. The minimum atomic E-state index is -0.0302. The fourth-order valence-corrected chi connectivity index (χ4v) is 20.7. The smallest absolute Gasteiger partial charge is 0.173 e. The lowest BCUT2D eigenvalue weighted by atomic mass is 10.0. The van der Waals surface area contributed by atoms with E-state index in [0.29, 0.717) is 58.6 Å². The summed E-state index contributed by atoms with van der Waals surface area (Å²) < 4.78 is 1.52. The number of Topliss-reactive ketones (excluding diaryl/α,β-unsaturated/α-hetero) is 16. The summed E-state index contributed by atoms with van der Waals surface area (Å²) in [6.45, 7) is 19.7. The van der Waals surface area contributed by atoms with E-state index in [1.165, 1.54) is 90.7 Å². The van der Waals surface area contributed by atoms with Gasteiger partial charge in [-0.15, -0.1) is 90.7 Å². The normalized spacial score (nSPS) is 10.4. The van der Waals surface area contributed by atoms with Gasteiger partial charge in [-0.1, -0.05) is 262 Å². The van der Waals surface area contributed by atoms with Crippen LogP contribution in [0.4, 0.5) is 0 Å². The van der Waals surface area contributed by atoms with Crippen molar-refractivity contribution in [3.8, 4) is 0 Å². The maximum Gasteiger partial charge on any atom is 0.173 e. The summed E-state index contributed by atoms with van der Waals surface area (Å²) in [5.74, 6) is 0.480. The molecule has 0 aliphatic carbocycles. The maximum absolute atomic E-state index is 12.0. The topological polar surface area (TPSA) is 273 Å². The van der Waals surface area contributed by atoms with Gasteiger partial charge in [-0.25, -0.2) is 0 Å². The van der Waals surface area contributed by atoms with Crippen molar-refractivity contribution >= 4 is 211 Å². The number of ketones is 16. The number of thiophene rings is 8. The molecule has 0 saturated carbocycles. The number of benzene rings is 8. The monoisotopic (exact) mass is 2200 g/mol. The van der Waals surface area contributed by atoms with Crippen molar-refractivity contribution < 1.29 is 76.7 Å². The lowest BCUT2D eigenvalue weighted by Crippen LogP contribution is -2.04. The molecule has 760 valence electrons. The highest BCUT2D eigenvalue weighted by Gasteiger charge is 2.21. The van der Waals surface area contributed by atoms with Gasteiger partial charge in [0, 0.05) is 157 Å². The minimum Gasteiger partial charge on any atom is -0.294 e. The van der Waals surface area contributed by atoms with E-state index in [4.69, 9.17) is 11.6 Å². The number of carbonyl (C=O) groups is 16. The molecule has 16 rings (SSSR count). The molecule has 8 aromatic carbocycles. The molecule has 0 unspecified atom stereocenters. The molecule has 0 bridgehead atoms. The van der Waals surface area contributed by atoms with Gasteiger partial charge in [0.15, 0.2) is 92.5 Å². The second kappa shape index (κ2) is 62.2. The molecule has 148 heavy (non-hydrogen) atoms. The highest BCUT2D eigenvalue weighted by molar-refractivity contribution is 9.11. The van der Waals surface area contributed by atoms with Gasteiger partial charge in [-0.05, 0) is 192 Å². The Morgan fingerprint density at radius 2 is 0.378 bits per heavy atom. The summed E-state index contributed by atoms with van der Waals surface area (Å²) in [5, 5.41) is 7.48. The van der Waals surface area contributed by atoms with E-state index in [2.05, 4.69) is 15.9 Å². The first-order valence-corrected chi connectivity index (χ1v) is 55.7. The quantitative estimate of drug-likeness (QED) is 0.0323. The molecule has 16 aromatic rings. The van der Waals surface area contributed by atoms with Gasteiger partial charge in [0.1, 0.15) is 0 Å². The van der Waals surface area contributed by atoms with Crippen molar-refractivity contribution in [3.05, 3.63) is 459 Å². The van der Waals surface area contributed by atoms with E-state index in [-0.39, 0.29) is 195 Å². The Morgan fingerprint density at radius 1 is 0.182 bits per heavy atom. The van der Waals surface area contributed by atoms with Crippen LogP contribution in [0.2, 0.25) is 4.34 Å². The number of hydrogen-bond acceptors (Lipinski definition) is 24. The zero-order valence-electron chi connectivity index (χ0n) is 83.9. The summed E-state index contributed by atoms with van der Waals surface area (Å²) in [7, 11) is 0. The van der Waals surface area contributed by atoms with E-state index >= 15 is 0 Å². The lowest BCUT2D eigenvalue weighted by Gasteiger charge is -2.01. The molecule has 0 saturated heterocycles. The van der Waals surface area contributed by atoms with Crippen molar-refractivity contribution in [2.75, 3.05) is 0 Å². The molecule has 0 fully saturated rings. The molecular weight excluding hydrogens is 2090 g/mol. The Bertz CT molecular complexity index is 6630. The number of hydrogen-bond donors (Lipinski definition) is 0. The first kappa shape index (κ1) is 118. The standard InChI is InChI=1S/2C16H16O2S.C15H13BrO2S.C15H13ClO2S.4C15H14O2S/c1-11-3-6-13(7-4-11)14(17)8-9-15(18)16-10-5-12(2)19-16;1-11-4-3-5-13(10-11)14(17)7-8-15(18)16-9-6-12(2)19-16;2*1-10-2-4-11(5-3-10)12(17)6-7-13(18)14-8-9-15(16)19-14;1-11-4-2-5-12(10-11)13(16)7-8-14(17)15-6-3-9-18-15;3*1-11-4-6-12(7-5-11)13(16)8-9-14(17)15-3-2-10-18-15/h3-7,10H,8-9H2,1-2H3;3-6,9-10H,7-8H2,1-2H3;2*2-5,8-9H,6-7H2,1H3;2-6,9-10H,7-8H2,1H3;3*2-7,10H,8-9H2,1H3. The molecule has 0 amide bonds. The van der Waals surface area contributed by atoms with Gasteiger partial charge in [-0.2, -0.15) is 0 Å². The second-order valence-corrected chi connectivity index (χ2v) is 45.2. The van der Waals surface area contributed by atoms with Crippen molar-refractivity contribution in [1.29, 1.82) is 0 Å². The van der Waals surface area contributed by atoms with Crippen molar-refractivity contribution in [1.82, 2.24) is 0 Å². The molecular formula is C122H114BrClO16S8. The predicted molar refractivity (Wildman–Crippen MR) is 609 cm³/mol. The first-order chi connectivity index (χ1) is 70.9. The summed E-state index contributed by atoms with van der Waals surface area (Å²) in [5.41, 5.74) is 14.3. The fraction of sp³-hybridized carbons (Fsp3) is 0.213. The molecule has 0 aliphatic rings. The Balaban J connectivity index is 0.000000188. The molecule has 26 heteroatoms. The van der Waals surface area contributed by atoms with Crippen molar-refractivity contribution in [2.45, 2.75) is 172 Å². The largest absolute Gasteiger partial charge is 0.294 e. The van der Waals surface area contributed by atoms with E-state index in [0.717, 1.165) is 87.3 Å². The highest BCUT2D eigenvalue weighted by atomic mass is 79.9. The Labute approximate surface area is 910 Å². The van der Waals surface area contributed by atoms with Crippen LogP contribution >= 0.6 is 118 Å². The number of aryl methyl sites for hydroxylation is 10. The van der Waals surface area contributed by atoms with Crippen LogP contribution < -0.4 is 0 Å². The van der Waals surface area contributed by atoms with Crippen LogP contribution in [0.5, 0.6) is 0 Å². The van der Waals surface area contributed by atoms with Gasteiger partial charge in [0.2, 0.25) is 0 Å². The number of halogens is 2. The van der Waals surface area contributed by atoms with E-state index in [1.54, 1.807) is 66.7 Å². The van der Waals surface area contributed by atoms with Crippen molar-refractivity contribution in [3.63, 3.8) is 0 Å². The molecule has 0 atom stereocenters. The average Bonchev–Trinajstić information content (AvgIpc) is 1.72. The van der Waals surface area contributed by atoms with Crippen LogP contribution in [0.25, 0.3) is 0 Å². The fourth-order valence-electron chi connectivity index (χ4n) is 13.9. The van der Waals surface area contributed by atoms with Gasteiger partial charge in [-0.3, -0.25) is 76.7 Å². The van der Waals surface area contributed by atoms with Crippen LogP contribution in [0.1, 0.15) is 317 Å². The Morgan fingerprint density at radius 3 is 0.561 bits per heavy atom. The molecule has 0 spiro atoms. The summed E-state index contributed by atoms with van der Waals surface area (Å²) >= 11 is 20.4. The van der Waals surface area contributed by atoms with Crippen LogP contribution in [-0.2, 0) is 0 Å². The van der Waals surface area contributed by atoms with Crippen molar-refractivity contribution in [2.24, 2.45) is 0 Å². The zero-order chi connectivity index (χ0) is 107. The third-order valence-corrected chi connectivity index (χ3v) is 31.1. The molecule has 0 N–H and O–H groups in total. The molecule has 0 radical (unpaired) electrons. The van der Waals surface area contributed by atoms with Crippen LogP contribution in [0, 0.1) is 69.2 Å². The molecule has 16 nitrogen and oxygen atoms in total. The summed E-state index contributed by atoms with van der Waals surface area (Å²) in [6, 6.07) is 88.7. The van der Waals surface area contributed by atoms with Gasteiger partial charge in [0.25, 0.3) is 0 Å². The lowest BCUT2D eigenvalue weighted by molar-refractivity contribution is 0.0919. The zero-order valence-corrected chi connectivity index (χ0v) is 92.8. The predicted octanol–water partition coefficient (Wildman–Crippen LogP) is 33.3. The Kier molecular flexibility index (Phi) is 49.8. The van der Waals surface area contributed by atoms with E-state index in [1.807, 2.05) is 315 Å². The van der Waals surface area contributed by atoms with E-state index in [9.17, 15) is 76.7 Å². The van der Waals surface area contributed by atoms with Crippen LogP contribution in [0.3, 0.4) is 0 Å². The SMILES string of the molecule is Cc1ccc(C(=O)CCC(=O)c2ccc(Br)s2)cc1.Cc1ccc(C(=O)CCC(=O)c2ccc(C)s2)cc1.Cc1ccc(C(=O)CCC(=O)c2ccc(Cl)s2)cc1.Cc1ccc(C(=O)CCC(=O)c2cccs2)cc1.Cc1ccc(C(=O)CCC(=O)c2cccs2)cc1.Cc1ccc(C(=O)CCC(=O)c2cccs2)cc1.Cc1cccc(C(=O)CCC(=O)c2ccc(C)s2)c1.Cc1cccc(C(=O)CCC(=O)c2cccs2)c1. The first-order valence-electron chi connectivity index (χ1n) is 47.7.